The van der Waals surface area contributed by atoms with Crippen LogP contribution in [-0.4, -0.2) is 19.3 Å². The first kappa shape index (κ1) is 17.7. The summed E-state index contributed by atoms with van der Waals surface area (Å²) in [7, 11) is 4.07. The average molecular weight is 358 g/mol. The topological polar surface area (TPSA) is 40.3 Å². The van der Waals surface area contributed by atoms with Crippen molar-refractivity contribution < 1.29 is 0 Å². The van der Waals surface area contributed by atoms with Crippen molar-refractivity contribution in [1.29, 1.82) is 0 Å². The number of benzene rings is 3. The van der Waals surface area contributed by atoms with E-state index in [9.17, 15) is 0 Å². The lowest BCUT2D eigenvalue weighted by Crippen LogP contribution is -2.07. The van der Waals surface area contributed by atoms with Gasteiger partial charge in [0.1, 0.15) is 0 Å². The smallest absolute Gasteiger partial charge is 0.0858 e. The standard InChI is InChI=1S/C21H18N4S/c1-25(2)21-13-5-17(6-14-21)16-3-7-19(8-4-16)23-24-20-11-9-18(10-12-20)22-15-26/h3-14H,1-2H3. The van der Waals surface area contributed by atoms with E-state index in [-0.39, 0.29) is 0 Å². The number of anilines is 1. The van der Waals surface area contributed by atoms with Gasteiger partial charge in [0, 0.05) is 19.8 Å². The van der Waals surface area contributed by atoms with Gasteiger partial charge < -0.3 is 4.90 Å². The molecule has 0 aliphatic rings. The van der Waals surface area contributed by atoms with E-state index in [1.54, 1.807) is 0 Å². The first-order valence-electron chi connectivity index (χ1n) is 8.13. The van der Waals surface area contributed by atoms with Gasteiger partial charge in [0.25, 0.3) is 0 Å². The van der Waals surface area contributed by atoms with Crippen LogP contribution in [0.4, 0.5) is 22.7 Å². The minimum atomic E-state index is 0.753. The number of azo groups is 1. The van der Waals surface area contributed by atoms with E-state index in [2.05, 4.69) is 73.9 Å². The molecule has 0 spiro atoms. The molecule has 0 N–H and O–H groups in total. The van der Waals surface area contributed by atoms with E-state index >= 15 is 0 Å². The largest absolute Gasteiger partial charge is 0.378 e. The third-order valence-electron chi connectivity index (χ3n) is 3.89. The molecule has 3 aromatic carbocycles. The van der Waals surface area contributed by atoms with E-state index in [1.807, 2.05) is 50.5 Å². The molecule has 128 valence electrons. The zero-order valence-corrected chi connectivity index (χ0v) is 15.4. The monoisotopic (exact) mass is 358 g/mol. The van der Waals surface area contributed by atoms with Crippen LogP contribution in [0.25, 0.3) is 11.1 Å². The van der Waals surface area contributed by atoms with Crippen LogP contribution in [0.1, 0.15) is 0 Å². The van der Waals surface area contributed by atoms with Gasteiger partial charge in [-0.15, -0.1) is 0 Å². The Morgan fingerprint density at radius 2 is 1.08 bits per heavy atom. The molecule has 0 aromatic heterocycles. The van der Waals surface area contributed by atoms with Crippen molar-refractivity contribution in [2.45, 2.75) is 0 Å². The summed E-state index contributed by atoms with van der Waals surface area (Å²) in [5, 5.41) is 10.9. The van der Waals surface area contributed by atoms with Crippen LogP contribution in [-0.2, 0) is 0 Å². The van der Waals surface area contributed by atoms with Crippen molar-refractivity contribution in [3.63, 3.8) is 0 Å². The number of rotatable bonds is 5. The Morgan fingerprint density at radius 3 is 1.54 bits per heavy atom. The highest BCUT2D eigenvalue weighted by Crippen LogP contribution is 2.26. The molecule has 3 rings (SSSR count). The first-order chi connectivity index (χ1) is 12.7. The summed E-state index contributed by atoms with van der Waals surface area (Å²) in [6.45, 7) is 0. The lowest BCUT2D eigenvalue weighted by Gasteiger charge is -2.12. The van der Waals surface area contributed by atoms with Gasteiger partial charge in [0.2, 0.25) is 0 Å². The van der Waals surface area contributed by atoms with E-state index < -0.39 is 0 Å². The maximum Gasteiger partial charge on any atom is 0.0858 e. The second kappa shape index (κ2) is 8.30. The lowest BCUT2D eigenvalue weighted by molar-refractivity contribution is 1.13. The summed E-state index contributed by atoms with van der Waals surface area (Å²) in [6.07, 6.45) is 0. The number of hydrogen-bond donors (Lipinski definition) is 0. The molecule has 0 radical (unpaired) electrons. The third-order valence-corrected chi connectivity index (χ3v) is 3.98. The summed E-state index contributed by atoms with van der Waals surface area (Å²) in [6, 6.07) is 23.8. The van der Waals surface area contributed by atoms with Crippen molar-refractivity contribution in [2.75, 3.05) is 19.0 Å². The maximum absolute atomic E-state index is 4.58. The summed E-state index contributed by atoms with van der Waals surface area (Å²) >= 11 is 4.58. The average Bonchev–Trinajstić information content (AvgIpc) is 2.68. The highest BCUT2D eigenvalue weighted by Gasteiger charge is 2.00. The number of aliphatic imine (C=N–C) groups is 1. The molecule has 0 amide bonds. The van der Waals surface area contributed by atoms with Crippen LogP contribution in [0.2, 0.25) is 0 Å². The van der Waals surface area contributed by atoms with Gasteiger partial charge in [0.15, 0.2) is 0 Å². The quantitative estimate of drug-likeness (QED) is 0.294. The molecule has 0 saturated carbocycles. The Balaban J connectivity index is 1.71. The molecule has 0 bridgehead atoms. The van der Waals surface area contributed by atoms with Gasteiger partial charge in [0.05, 0.1) is 22.2 Å². The molecule has 4 nitrogen and oxygen atoms in total. The SMILES string of the molecule is CN(C)c1ccc(-c2ccc(N=Nc3ccc(N=C=S)cc3)cc2)cc1. The molecule has 0 aliphatic heterocycles. The molecule has 0 unspecified atom stereocenters. The fourth-order valence-electron chi connectivity index (χ4n) is 2.43. The molecule has 0 fully saturated rings. The highest BCUT2D eigenvalue weighted by molar-refractivity contribution is 7.78. The molecular weight excluding hydrogens is 340 g/mol. The Kier molecular flexibility index (Phi) is 5.64. The summed E-state index contributed by atoms with van der Waals surface area (Å²) in [5.41, 5.74) is 5.83. The van der Waals surface area contributed by atoms with Crippen LogP contribution in [0, 0.1) is 0 Å². The molecule has 0 saturated heterocycles. The molecule has 3 aromatic rings. The fraction of sp³-hybridized carbons (Fsp3) is 0.0952. The van der Waals surface area contributed by atoms with Crippen LogP contribution in [0.5, 0.6) is 0 Å². The maximum atomic E-state index is 4.58. The molecular formula is C21H18N4S. The van der Waals surface area contributed by atoms with E-state index in [4.69, 9.17) is 0 Å². The summed E-state index contributed by atoms with van der Waals surface area (Å²) in [4.78, 5) is 5.99. The number of isothiocyanates is 1. The Hall–Kier alpha value is -3.14. The Labute approximate surface area is 158 Å². The summed E-state index contributed by atoms with van der Waals surface area (Å²) < 4.78 is 0. The van der Waals surface area contributed by atoms with E-state index in [0.29, 0.717) is 0 Å². The van der Waals surface area contributed by atoms with E-state index in [0.717, 1.165) is 22.6 Å². The zero-order chi connectivity index (χ0) is 18.4. The molecule has 0 atom stereocenters. The molecule has 26 heavy (non-hydrogen) atoms. The second-order valence-corrected chi connectivity index (χ2v) is 6.09. The Bertz CT molecular complexity index is 937. The number of nitrogens with zero attached hydrogens (tertiary/aromatic N) is 4. The zero-order valence-electron chi connectivity index (χ0n) is 14.6. The molecule has 5 heteroatoms. The van der Waals surface area contributed by atoms with Crippen LogP contribution >= 0.6 is 12.2 Å². The lowest BCUT2D eigenvalue weighted by atomic mass is 10.1. The van der Waals surface area contributed by atoms with Crippen molar-refractivity contribution in [2.24, 2.45) is 15.2 Å². The van der Waals surface area contributed by atoms with Gasteiger partial charge in [-0.25, -0.2) is 0 Å². The van der Waals surface area contributed by atoms with Crippen molar-refractivity contribution in [1.82, 2.24) is 0 Å². The van der Waals surface area contributed by atoms with Crippen molar-refractivity contribution >= 4 is 40.1 Å². The fourth-order valence-corrected chi connectivity index (χ4v) is 2.54. The minimum absolute atomic E-state index is 0.753. The van der Waals surface area contributed by atoms with Crippen molar-refractivity contribution in [3.8, 4) is 11.1 Å². The predicted molar refractivity (Wildman–Crippen MR) is 112 cm³/mol. The highest BCUT2D eigenvalue weighted by atomic mass is 32.1. The predicted octanol–water partition coefficient (Wildman–Crippen LogP) is 6.57. The van der Waals surface area contributed by atoms with Gasteiger partial charge in [-0.3, -0.25) is 0 Å². The minimum Gasteiger partial charge on any atom is -0.378 e. The Morgan fingerprint density at radius 1 is 0.654 bits per heavy atom. The van der Waals surface area contributed by atoms with Crippen LogP contribution in [0.15, 0.2) is 88.0 Å². The van der Waals surface area contributed by atoms with Gasteiger partial charge in [-0.05, 0) is 71.9 Å². The summed E-state index contributed by atoms with van der Waals surface area (Å²) in [5.74, 6) is 0. The second-order valence-electron chi connectivity index (χ2n) is 5.91. The van der Waals surface area contributed by atoms with Gasteiger partial charge >= 0.3 is 0 Å². The van der Waals surface area contributed by atoms with Crippen LogP contribution < -0.4 is 4.90 Å². The van der Waals surface area contributed by atoms with Crippen molar-refractivity contribution in [3.05, 3.63) is 72.8 Å². The first-order valence-corrected chi connectivity index (χ1v) is 8.54. The number of thiocarbonyl (C=S) groups is 1. The number of hydrogen-bond acceptors (Lipinski definition) is 5. The normalized spacial score (nSPS) is 10.5. The van der Waals surface area contributed by atoms with E-state index in [1.165, 1.54) is 11.3 Å². The van der Waals surface area contributed by atoms with Crippen LogP contribution in [0.3, 0.4) is 0 Å². The van der Waals surface area contributed by atoms with Gasteiger partial charge in [-0.2, -0.15) is 15.2 Å². The molecule has 0 aliphatic carbocycles. The van der Waals surface area contributed by atoms with Gasteiger partial charge in [-0.1, -0.05) is 24.3 Å². The third kappa shape index (κ3) is 4.48. The molecule has 0 heterocycles.